The second-order valence-corrected chi connectivity index (χ2v) is 8.30. The molecular formula is C15H20BrClN4O2S. The average Bonchev–Trinajstić information content (AvgIpc) is 2.94. The molecule has 1 aliphatic rings. The van der Waals surface area contributed by atoms with Crippen molar-refractivity contribution in [1.82, 2.24) is 21.7 Å². The van der Waals surface area contributed by atoms with Crippen molar-refractivity contribution in [2.45, 2.75) is 35.7 Å². The molecule has 0 spiro atoms. The van der Waals surface area contributed by atoms with Crippen LogP contribution in [-0.4, -0.2) is 34.5 Å². The zero-order chi connectivity index (χ0) is 17.7. The van der Waals surface area contributed by atoms with Crippen LogP contribution in [0.1, 0.15) is 13.8 Å². The van der Waals surface area contributed by atoms with E-state index in [2.05, 4.69) is 51.5 Å². The third kappa shape index (κ3) is 5.35. The number of thioether (sulfide) groups is 1. The number of carbonyl (C=O) groups is 2. The summed E-state index contributed by atoms with van der Waals surface area (Å²) in [6, 6.07) is 6.90. The normalized spacial score (nSPS) is 23.3. The van der Waals surface area contributed by atoms with Crippen LogP contribution in [0, 0.1) is 5.92 Å². The van der Waals surface area contributed by atoms with Gasteiger partial charge in [-0.1, -0.05) is 41.4 Å². The lowest BCUT2D eigenvalue weighted by Crippen LogP contribution is -2.52. The van der Waals surface area contributed by atoms with Gasteiger partial charge in [0.1, 0.15) is 6.04 Å². The molecule has 24 heavy (non-hydrogen) atoms. The van der Waals surface area contributed by atoms with Crippen LogP contribution in [0.3, 0.4) is 0 Å². The van der Waals surface area contributed by atoms with Crippen LogP contribution in [0.4, 0.5) is 0 Å². The second-order valence-electron chi connectivity index (χ2n) is 5.76. The highest BCUT2D eigenvalue weighted by Gasteiger charge is 2.39. The molecule has 1 aromatic rings. The molecular weight excluding hydrogens is 416 g/mol. The molecule has 1 saturated heterocycles. The Morgan fingerprint density at radius 3 is 2.50 bits per heavy atom. The first-order valence-electron chi connectivity index (χ1n) is 7.50. The molecule has 132 valence electrons. The number of carbonyl (C=O) groups excluding carboxylic acids is 2. The van der Waals surface area contributed by atoms with Gasteiger partial charge in [-0.05, 0) is 30.2 Å². The molecule has 4 N–H and O–H groups in total. The number of halogens is 2. The van der Waals surface area contributed by atoms with Crippen molar-refractivity contribution in [2.75, 3.05) is 5.75 Å². The van der Waals surface area contributed by atoms with E-state index in [0.717, 1.165) is 4.90 Å². The number of alkyl halides is 1. The Balaban J connectivity index is 1.73. The summed E-state index contributed by atoms with van der Waals surface area (Å²) in [5.74, 6) is -0.00635. The Morgan fingerprint density at radius 2 is 1.92 bits per heavy atom. The Hall–Kier alpha value is -0.800. The molecule has 0 saturated carbocycles. The zero-order valence-electron chi connectivity index (χ0n) is 13.3. The largest absolute Gasteiger partial charge is 0.272 e. The summed E-state index contributed by atoms with van der Waals surface area (Å²) in [4.78, 5) is 24.9. The molecule has 9 heteroatoms. The molecule has 2 amide bonds. The molecule has 6 nitrogen and oxygen atoms in total. The van der Waals surface area contributed by atoms with E-state index in [-0.39, 0.29) is 28.4 Å². The molecule has 0 aromatic heterocycles. The quantitative estimate of drug-likeness (QED) is 0.322. The zero-order valence-corrected chi connectivity index (χ0v) is 16.5. The number of hydrazine groups is 2. The van der Waals surface area contributed by atoms with Crippen LogP contribution in [0.15, 0.2) is 29.2 Å². The van der Waals surface area contributed by atoms with Crippen molar-refractivity contribution < 1.29 is 9.59 Å². The summed E-state index contributed by atoms with van der Waals surface area (Å²) in [5.41, 5.74) is 10.9. The van der Waals surface area contributed by atoms with E-state index < -0.39 is 6.04 Å². The Morgan fingerprint density at radius 1 is 1.25 bits per heavy atom. The van der Waals surface area contributed by atoms with E-state index >= 15 is 0 Å². The van der Waals surface area contributed by atoms with Gasteiger partial charge in [-0.15, -0.1) is 11.8 Å². The smallest absolute Gasteiger partial charge is 0.258 e. The molecule has 2 rings (SSSR count). The fourth-order valence-electron chi connectivity index (χ4n) is 2.22. The van der Waals surface area contributed by atoms with Crippen molar-refractivity contribution in [2.24, 2.45) is 5.92 Å². The number of hydrogen-bond donors (Lipinski definition) is 4. The number of amides is 2. The number of benzene rings is 1. The lowest BCUT2D eigenvalue weighted by Gasteiger charge is -2.19. The maximum Gasteiger partial charge on any atom is 0.258 e. The fraction of sp³-hybridized carbons (Fsp3) is 0.467. The van der Waals surface area contributed by atoms with Crippen molar-refractivity contribution in [1.29, 1.82) is 0 Å². The molecule has 1 aliphatic heterocycles. The maximum absolute atomic E-state index is 12.2. The predicted octanol–water partition coefficient (Wildman–Crippen LogP) is 1.84. The molecule has 1 fully saturated rings. The van der Waals surface area contributed by atoms with E-state index in [1.54, 1.807) is 12.1 Å². The van der Waals surface area contributed by atoms with Gasteiger partial charge in [-0.25, -0.2) is 5.43 Å². The Bertz CT molecular complexity index is 587. The highest BCUT2D eigenvalue weighted by molar-refractivity contribution is 9.09. The minimum absolute atomic E-state index is 0.0576. The molecule has 3 atom stereocenters. The van der Waals surface area contributed by atoms with Crippen molar-refractivity contribution in [3.8, 4) is 0 Å². The fourth-order valence-corrected chi connectivity index (χ4v) is 4.16. The highest BCUT2D eigenvalue weighted by atomic mass is 79.9. The van der Waals surface area contributed by atoms with Gasteiger partial charge in [0.25, 0.3) is 5.91 Å². The van der Waals surface area contributed by atoms with Crippen LogP contribution in [-0.2, 0) is 9.59 Å². The van der Waals surface area contributed by atoms with Crippen LogP contribution in [0.25, 0.3) is 0 Å². The maximum atomic E-state index is 12.2. The van der Waals surface area contributed by atoms with Crippen LogP contribution in [0.2, 0.25) is 5.02 Å². The first-order valence-corrected chi connectivity index (χ1v) is 9.78. The van der Waals surface area contributed by atoms with Gasteiger partial charge >= 0.3 is 0 Å². The molecule has 0 aliphatic carbocycles. The van der Waals surface area contributed by atoms with E-state index in [1.165, 1.54) is 11.8 Å². The monoisotopic (exact) mass is 434 g/mol. The van der Waals surface area contributed by atoms with Gasteiger partial charge in [0.15, 0.2) is 0 Å². The lowest BCUT2D eigenvalue weighted by atomic mass is 9.99. The highest BCUT2D eigenvalue weighted by Crippen LogP contribution is 2.22. The summed E-state index contributed by atoms with van der Waals surface area (Å²) in [6.45, 7) is 4.15. The van der Waals surface area contributed by atoms with Crippen LogP contribution >= 0.6 is 39.3 Å². The molecule has 1 aromatic carbocycles. The van der Waals surface area contributed by atoms with Crippen molar-refractivity contribution >= 4 is 51.1 Å². The van der Waals surface area contributed by atoms with E-state index in [9.17, 15) is 9.59 Å². The van der Waals surface area contributed by atoms with Gasteiger partial charge < -0.3 is 0 Å². The molecule has 1 heterocycles. The minimum atomic E-state index is -0.457. The number of rotatable bonds is 5. The van der Waals surface area contributed by atoms with Gasteiger partial charge in [-0.2, -0.15) is 0 Å². The van der Waals surface area contributed by atoms with E-state index in [0.29, 0.717) is 10.9 Å². The summed E-state index contributed by atoms with van der Waals surface area (Å²) >= 11 is 10.7. The first-order chi connectivity index (χ1) is 11.4. The molecule has 3 unspecified atom stereocenters. The summed E-state index contributed by atoms with van der Waals surface area (Å²) in [6.07, 6.45) is 0. The predicted molar refractivity (Wildman–Crippen MR) is 99.9 cm³/mol. The average molecular weight is 436 g/mol. The summed E-state index contributed by atoms with van der Waals surface area (Å²) in [7, 11) is 0. The Labute approximate surface area is 158 Å². The molecule has 0 bridgehead atoms. The third-order valence-corrected chi connectivity index (χ3v) is 5.94. The first kappa shape index (κ1) is 19.5. The number of hydrogen-bond acceptors (Lipinski definition) is 5. The van der Waals surface area contributed by atoms with Gasteiger partial charge in [0, 0.05) is 16.0 Å². The van der Waals surface area contributed by atoms with Crippen molar-refractivity contribution in [3.63, 3.8) is 0 Å². The minimum Gasteiger partial charge on any atom is -0.272 e. The van der Waals surface area contributed by atoms with Gasteiger partial charge in [0.2, 0.25) is 5.91 Å². The summed E-state index contributed by atoms with van der Waals surface area (Å²) < 4.78 is 0. The summed E-state index contributed by atoms with van der Waals surface area (Å²) in [5, 5.41) is 0.651. The lowest BCUT2D eigenvalue weighted by molar-refractivity contribution is -0.128. The van der Waals surface area contributed by atoms with Crippen LogP contribution in [0.5, 0.6) is 0 Å². The van der Waals surface area contributed by atoms with Crippen molar-refractivity contribution in [3.05, 3.63) is 29.3 Å². The second kappa shape index (κ2) is 9.05. The van der Waals surface area contributed by atoms with Gasteiger partial charge in [0.05, 0.1) is 10.6 Å². The van der Waals surface area contributed by atoms with E-state index in [4.69, 9.17) is 11.6 Å². The van der Waals surface area contributed by atoms with Gasteiger partial charge in [-0.3, -0.25) is 25.9 Å². The number of nitrogens with one attached hydrogen (secondary N) is 4. The molecule has 0 radical (unpaired) electrons. The third-order valence-electron chi connectivity index (χ3n) is 3.58. The van der Waals surface area contributed by atoms with E-state index in [1.807, 2.05) is 12.1 Å². The SMILES string of the molecule is CC(C)C1NNC(C(=O)NNC(=O)CSc2ccc(Cl)cc2)C1Br. The topological polar surface area (TPSA) is 82.3 Å². The van der Waals surface area contributed by atoms with Crippen LogP contribution < -0.4 is 21.7 Å². The standard InChI is InChI=1S/C15H20BrClN4O2S/c1-8(2)13-12(16)14(20-19-13)15(23)21-18-11(22)7-24-10-5-3-9(17)4-6-10/h3-6,8,12-14,19-20H,7H2,1-2H3,(H,18,22)(H,21,23). The Kier molecular flexibility index (Phi) is 7.36.